The number of hydrogen-bond acceptors (Lipinski definition) is 5. The summed E-state index contributed by atoms with van der Waals surface area (Å²) >= 11 is 0.942. The van der Waals surface area contributed by atoms with Crippen LogP contribution in [0.5, 0.6) is 5.75 Å². The molecular formula is C13H12N2O3S2. The summed E-state index contributed by atoms with van der Waals surface area (Å²) < 4.78 is 31.8. The van der Waals surface area contributed by atoms with E-state index in [4.69, 9.17) is 10.00 Å². The number of rotatable bonds is 6. The normalized spacial score (nSPS) is 10.9. The quantitative estimate of drug-likeness (QED) is 0.828. The van der Waals surface area contributed by atoms with E-state index in [1.807, 2.05) is 24.3 Å². The second kappa shape index (κ2) is 6.52. The number of thiophene rings is 1. The van der Waals surface area contributed by atoms with Crippen molar-refractivity contribution in [2.24, 2.45) is 0 Å². The van der Waals surface area contributed by atoms with Crippen LogP contribution in [0.3, 0.4) is 0 Å². The molecule has 0 unspecified atom stereocenters. The summed E-state index contributed by atoms with van der Waals surface area (Å²) in [7, 11) is -3.57. The molecule has 0 amide bonds. The Morgan fingerprint density at radius 3 is 2.60 bits per heavy atom. The number of nitrogens with one attached hydrogen (secondary N) is 1. The Labute approximate surface area is 121 Å². The van der Waals surface area contributed by atoms with E-state index < -0.39 is 10.0 Å². The van der Waals surface area contributed by atoms with Gasteiger partial charge in [-0.1, -0.05) is 18.2 Å². The molecule has 0 atom stereocenters. The first-order valence-electron chi connectivity index (χ1n) is 5.79. The number of hydrogen-bond donors (Lipinski definition) is 1. The fourth-order valence-corrected chi connectivity index (χ4v) is 3.62. The molecule has 1 N–H and O–H groups in total. The van der Waals surface area contributed by atoms with E-state index in [9.17, 15) is 8.42 Å². The van der Waals surface area contributed by atoms with Crippen LogP contribution in [-0.2, 0) is 10.0 Å². The number of para-hydroxylation sites is 1. The third kappa shape index (κ3) is 3.81. The summed E-state index contributed by atoms with van der Waals surface area (Å²) in [5.41, 5.74) is 0. The van der Waals surface area contributed by atoms with Crippen molar-refractivity contribution in [2.45, 2.75) is 4.21 Å². The average Bonchev–Trinajstić information content (AvgIpc) is 2.95. The van der Waals surface area contributed by atoms with Crippen LogP contribution in [0.1, 0.15) is 4.88 Å². The van der Waals surface area contributed by atoms with E-state index in [0.29, 0.717) is 10.6 Å². The van der Waals surface area contributed by atoms with Crippen LogP contribution < -0.4 is 9.46 Å². The molecule has 20 heavy (non-hydrogen) atoms. The number of benzene rings is 1. The zero-order valence-electron chi connectivity index (χ0n) is 10.4. The first-order valence-corrected chi connectivity index (χ1v) is 8.09. The minimum atomic E-state index is -3.57. The molecule has 104 valence electrons. The summed E-state index contributed by atoms with van der Waals surface area (Å²) in [6.07, 6.45) is 0. The fraction of sp³-hybridized carbons (Fsp3) is 0.154. The topological polar surface area (TPSA) is 79.2 Å². The molecule has 5 nitrogen and oxygen atoms in total. The van der Waals surface area contributed by atoms with E-state index >= 15 is 0 Å². The number of ether oxygens (including phenoxy) is 1. The second-order valence-corrected chi connectivity index (χ2v) is 6.87. The first kappa shape index (κ1) is 14.5. The smallest absolute Gasteiger partial charge is 0.250 e. The maximum atomic E-state index is 11.9. The number of sulfonamides is 1. The van der Waals surface area contributed by atoms with Crippen molar-refractivity contribution < 1.29 is 13.2 Å². The van der Waals surface area contributed by atoms with Crippen LogP contribution in [0.15, 0.2) is 46.7 Å². The van der Waals surface area contributed by atoms with Gasteiger partial charge >= 0.3 is 0 Å². The molecule has 1 aromatic carbocycles. The van der Waals surface area contributed by atoms with Gasteiger partial charge in [0.2, 0.25) is 10.0 Å². The molecule has 2 rings (SSSR count). The zero-order chi connectivity index (χ0) is 14.4. The highest BCUT2D eigenvalue weighted by atomic mass is 32.2. The van der Waals surface area contributed by atoms with Gasteiger partial charge in [0, 0.05) is 6.54 Å². The molecule has 1 heterocycles. The Morgan fingerprint density at radius 2 is 1.95 bits per heavy atom. The molecule has 0 aliphatic carbocycles. The average molecular weight is 308 g/mol. The molecule has 0 radical (unpaired) electrons. The number of nitriles is 1. The van der Waals surface area contributed by atoms with Crippen molar-refractivity contribution in [3.8, 4) is 11.8 Å². The van der Waals surface area contributed by atoms with Gasteiger partial charge in [0.05, 0.1) is 0 Å². The standard InChI is InChI=1S/C13H12N2O3S2/c14-10-12-6-7-13(19-12)20(16,17)15-8-9-18-11-4-2-1-3-5-11/h1-7,15H,8-9H2. The van der Waals surface area contributed by atoms with E-state index in [1.165, 1.54) is 12.1 Å². The van der Waals surface area contributed by atoms with Gasteiger partial charge in [-0.3, -0.25) is 0 Å². The molecule has 0 bridgehead atoms. The summed E-state index contributed by atoms with van der Waals surface area (Å²) in [5.74, 6) is 0.689. The summed E-state index contributed by atoms with van der Waals surface area (Å²) in [6.45, 7) is 0.400. The van der Waals surface area contributed by atoms with E-state index in [2.05, 4.69) is 4.72 Å². The Balaban J connectivity index is 1.85. The van der Waals surface area contributed by atoms with Gasteiger partial charge in [-0.2, -0.15) is 5.26 Å². The highest BCUT2D eigenvalue weighted by Gasteiger charge is 2.16. The molecule has 0 aliphatic rings. The molecule has 2 aromatic rings. The van der Waals surface area contributed by atoms with Gasteiger partial charge in [0.15, 0.2) is 0 Å². The van der Waals surface area contributed by atoms with Crippen LogP contribution in [0.4, 0.5) is 0 Å². The summed E-state index contributed by atoms with van der Waals surface area (Å²) in [6, 6.07) is 14.0. The van der Waals surface area contributed by atoms with E-state index in [0.717, 1.165) is 11.3 Å². The van der Waals surface area contributed by atoms with Crippen LogP contribution >= 0.6 is 11.3 Å². The van der Waals surface area contributed by atoms with Crippen molar-refractivity contribution in [3.05, 3.63) is 47.3 Å². The first-order chi connectivity index (χ1) is 9.62. The molecule has 7 heteroatoms. The van der Waals surface area contributed by atoms with Crippen LogP contribution in [0.2, 0.25) is 0 Å². The third-order valence-corrected chi connectivity index (χ3v) is 5.31. The van der Waals surface area contributed by atoms with Crippen LogP contribution in [0, 0.1) is 11.3 Å². The van der Waals surface area contributed by atoms with Gasteiger partial charge in [-0.15, -0.1) is 11.3 Å². The van der Waals surface area contributed by atoms with Gasteiger partial charge in [-0.05, 0) is 24.3 Å². The monoisotopic (exact) mass is 308 g/mol. The maximum Gasteiger partial charge on any atom is 0.250 e. The number of nitrogens with zero attached hydrogens (tertiary/aromatic N) is 1. The van der Waals surface area contributed by atoms with Crippen molar-refractivity contribution in [1.29, 1.82) is 5.26 Å². The predicted molar refractivity (Wildman–Crippen MR) is 76.2 cm³/mol. The molecule has 0 saturated carbocycles. The Hall–Kier alpha value is -1.88. The van der Waals surface area contributed by atoms with E-state index in [1.54, 1.807) is 12.1 Å². The molecule has 0 saturated heterocycles. The van der Waals surface area contributed by atoms with Crippen molar-refractivity contribution in [1.82, 2.24) is 4.72 Å². The molecular weight excluding hydrogens is 296 g/mol. The van der Waals surface area contributed by atoms with Gasteiger partial charge < -0.3 is 4.74 Å². The van der Waals surface area contributed by atoms with Crippen molar-refractivity contribution in [3.63, 3.8) is 0 Å². The molecule has 1 aromatic heterocycles. The molecule has 0 spiro atoms. The molecule has 0 aliphatic heterocycles. The zero-order valence-corrected chi connectivity index (χ0v) is 12.1. The molecule has 0 fully saturated rings. The highest BCUT2D eigenvalue weighted by Crippen LogP contribution is 2.20. The highest BCUT2D eigenvalue weighted by molar-refractivity contribution is 7.91. The lowest BCUT2D eigenvalue weighted by Crippen LogP contribution is -2.27. The Kier molecular flexibility index (Phi) is 4.74. The second-order valence-electron chi connectivity index (χ2n) is 3.79. The Bertz CT molecular complexity index is 703. The van der Waals surface area contributed by atoms with Gasteiger partial charge in [0.1, 0.15) is 27.5 Å². The predicted octanol–water partition coefficient (Wildman–Crippen LogP) is 1.98. The lowest BCUT2D eigenvalue weighted by atomic mass is 10.3. The van der Waals surface area contributed by atoms with Crippen LogP contribution in [0.25, 0.3) is 0 Å². The summed E-state index contributed by atoms with van der Waals surface area (Å²) in [5, 5.41) is 8.68. The maximum absolute atomic E-state index is 11.9. The van der Waals surface area contributed by atoms with Gasteiger partial charge in [-0.25, -0.2) is 13.1 Å². The van der Waals surface area contributed by atoms with Gasteiger partial charge in [0.25, 0.3) is 0 Å². The SMILES string of the molecule is N#Cc1ccc(S(=O)(=O)NCCOc2ccccc2)s1. The van der Waals surface area contributed by atoms with Crippen LogP contribution in [-0.4, -0.2) is 21.6 Å². The fourth-order valence-electron chi connectivity index (χ4n) is 1.46. The van der Waals surface area contributed by atoms with Crippen molar-refractivity contribution in [2.75, 3.05) is 13.2 Å². The third-order valence-electron chi connectivity index (χ3n) is 2.36. The lowest BCUT2D eigenvalue weighted by Gasteiger charge is -2.07. The Morgan fingerprint density at radius 1 is 1.20 bits per heavy atom. The minimum absolute atomic E-state index is 0.133. The summed E-state index contributed by atoms with van der Waals surface area (Å²) in [4.78, 5) is 0.367. The van der Waals surface area contributed by atoms with E-state index in [-0.39, 0.29) is 17.4 Å². The lowest BCUT2D eigenvalue weighted by molar-refractivity contribution is 0.323. The largest absolute Gasteiger partial charge is 0.492 e. The van der Waals surface area contributed by atoms with Crippen molar-refractivity contribution >= 4 is 21.4 Å². The minimum Gasteiger partial charge on any atom is -0.492 e.